The van der Waals surface area contributed by atoms with E-state index in [0.29, 0.717) is 17.9 Å². The first kappa shape index (κ1) is 22.1. The Labute approximate surface area is 175 Å². The number of nitrogens with two attached hydrogens (primary N) is 1. The van der Waals surface area contributed by atoms with E-state index in [4.69, 9.17) is 5.73 Å². The number of nitrogens with zero attached hydrogens (tertiary/aromatic N) is 4. The molecule has 28 heavy (non-hydrogen) atoms. The van der Waals surface area contributed by atoms with Crippen LogP contribution >= 0.6 is 24.8 Å². The third kappa shape index (κ3) is 3.83. The van der Waals surface area contributed by atoms with Crippen LogP contribution in [-0.2, 0) is 0 Å². The number of rotatable bonds is 4. The van der Waals surface area contributed by atoms with Gasteiger partial charge in [-0.05, 0) is 31.9 Å². The average molecular weight is 423 g/mol. The zero-order valence-corrected chi connectivity index (χ0v) is 17.2. The molecule has 0 saturated heterocycles. The van der Waals surface area contributed by atoms with Gasteiger partial charge in [-0.25, -0.2) is 4.68 Å². The van der Waals surface area contributed by atoms with Crippen LogP contribution in [0.3, 0.4) is 0 Å². The molecule has 1 aromatic carbocycles. The molecule has 3 N–H and O–H groups in total. The molecule has 150 valence electrons. The lowest BCUT2D eigenvalue weighted by Gasteiger charge is -2.28. The number of hydrogen-bond donors (Lipinski definition) is 2. The molecular formula is C19H24Cl2N6O. The molecule has 9 heteroatoms. The first-order chi connectivity index (χ1) is 12.6. The van der Waals surface area contributed by atoms with E-state index in [1.165, 1.54) is 0 Å². The molecule has 0 radical (unpaired) electrons. The van der Waals surface area contributed by atoms with Gasteiger partial charge < -0.3 is 11.1 Å². The number of carbonyl (C=O) groups excluding carboxylic acids is 1. The predicted octanol–water partition coefficient (Wildman–Crippen LogP) is 2.97. The van der Waals surface area contributed by atoms with Crippen LogP contribution in [0.4, 0.5) is 0 Å². The van der Waals surface area contributed by atoms with Crippen LogP contribution in [0.2, 0.25) is 0 Å². The van der Waals surface area contributed by atoms with E-state index in [0.717, 1.165) is 42.3 Å². The van der Waals surface area contributed by atoms with Crippen molar-refractivity contribution in [3.63, 3.8) is 0 Å². The van der Waals surface area contributed by atoms with Gasteiger partial charge in [-0.3, -0.25) is 9.78 Å². The highest BCUT2D eigenvalue weighted by Gasteiger charge is 2.35. The summed E-state index contributed by atoms with van der Waals surface area (Å²) in [5, 5.41) is 12.5. The summed E-state index contributed by atoms with van der Waals surface area (Å²) in [6, 6.07) is 9.76. The van der Waals surface area contributed by atoms with Gasteiger partial charge in [0.25, 0.3) is 5.91 Å². The van der Waals surface area contributed by atoms with Gasteiger partial charge in [0.15, 0.2) is 5.69 Å². The number of para-hydroxylation sites is 1. The maximum Gasteiger partial charge on any atom is 0.274 e. The molecule has 7 nitrogen and oxygen atoms in total. The van der Waals surface area contributed by atoms with E-state index in [1.807, 2.05) is 37.3 Å². The van der Waals surface area contributed by atoms with E-state index < -0.39 is 0 Å². The highest BCUT2D eigenvalue weighted by Crippen LogP contribution is 2.29. The molecule has 0 aliphatic heterocycles. The van der Waals surface area contributed by atoms with Crippen LogP contribution in [-0.4, -0.2) is 38.0 Å². The second kappa shape index (κ2) is 8.86. The Morgan fingerprint density at radius 2 is 1.93 bits per heavy atom. The van der Waals surface area contributed by atoms with Crippen LogP contribution in [0.15, 0.2) is 36.5 Å². The summed E-state index contributed by atoms with van der Waals surface area (Å²) in [7, 11) is 0. The summed E-state index contributed by atoms with van der Waals surface area (Å²) in [5.41, 5.74) is 8.26. The number of fused-ring (bicyclic) bond motifs is 1. The average Bonchev–Trinajstić information content (AvgIpc) is 3.28. The van der Waals surface area contributed by atoms with Crippen molar-refractivity contribution >= 4 is 41.6 Å². The smallest absolute Gasteiger partial charge is 0.274 e. The highest BCUT2D eigenvalue weighted by molar-refractivity contribution is 5.94. The van der Waals surface area contributed by atoms with Crippen molar-refractivity contribution in [1.29, 1.82) is 0 Å². The summed E-state index contributed by atoms with van der Waals surface area (Å²) in [6.45, 7) is 2.29. The number of benzene rings is 1. The van der Waals surface area contributed by atoms with Gasteiger partial charge in [0, 0.05) is 18.1 Å². The molecule has 0 atom stereocenters. The molecule has 4 rings (SSSR count). The third-order valence-corrected chi connectivity index (χ3v) is 5.28. The standard InChI is InChI=1S/C19H22N6O.2ClH/c1-13-16(18(26)22-19(12-20)9-2-3-10-19)23-24-25(13)15-8-4-6-14-7-5-11-21-17(14)15;;/h4-8,11H,2-3,9-10,12,20H2,1H3,(H,22,26);2*1H. The molecule has 0 bridgehead atoms. The number of hydrogen-bond acceptors (Lipinski definition) is 5. The largest absolute Gasteiger partial charge is 0.344 e. The van der Waals surface area contributed by atoms with Crippen molar-refractivity contribution < 1.29 is 4.79 Å². The lowest BCUT2D eigenvalue weighted by atomic mass is 9.97. The second-order valence-electron chi connectivity index (χ2n) is 6.93. The first-order valence-electron chi connectivity index (χ1n) is 8.93. The monoisotopic (exact) mass is 422 g/mol. The van der Waals surface area contributed by atoms with Gasteiger partial charge in [0.2, 0.25) is 0 Å². The number of amides is 1. The molecule has 2 aromatic heterocycles. The quantitative estimate of drug-likeness (QED) is 0.672. The number of halogens is 2. The van der Waals surface area contributed by atoms with Gasteiger partial charge in [-0.15, -0.1) is 29.9 Å². The van der Waals surface area contributed by atoms with Crippen molar-refractivity contribution in [1.82, 2.24) is 25.3 Å². The van der Waals surface area contributed by atoms with E-state index in [9.17, 15) is 4.79 Å². The Balaban J connectivity index is 0.00000140. The SMILES string of the molecule is Cc1c(C(=O)NC2(CN)CCCC2)nnn1-c1cccc2cccnc12.Cl.Cl. The fourth-order valence-corrected chi connectivity index (χ4v) is 3.76. The Kier molecular flexibility index (Phi) is 6.98. The van der Waals surface area contributed by atoms with Gasteiger partial charge in [0.05, 0.1) is 22.4 Å². The van der Waals surface area contributed by atoms with Crippen molar-refractivity contribution in [3.8, 4) is 5.69 Å². The van der Waals surface area contributed by atoms with Crippen molar-refractivity contribution in [2.24, 2.45) is 5.73 Å². The van der Waals surface area contributed by atoms with Gasteiger partial charge >= 0.3 is 0 Å². The lowest BCUT2D eigenvalue weighted by Crippen LogP contribution is -2.51. The molecule has 1 saturated carbocycles. The molecule has 1 fully saturated rings. The zero-order valence-electron chi connectivity index (χ0n) is 15.6. The fourth-order valence-electron chi connectivity index (χ4n) is 3.76. The minimum atomic E-state index is -0.311. The number of aromatic nitrogens is 4. The molecular weight excluding hydrogens is 399 g/mol. The fraction of sp³-hybridized carbons (Fsp3) is 0.368. The lowest BCUT2D eigenvalue weighted by molar-refractivity contribution is 0.0897. The minimum Gasteiger partial charge on any atom is -0.344 e. The normalized spacial score (nSPS) is 14.9. The van der Waals surface area contributed by atoms with Crippen molar-refractivity contribution in [3.05, 3.63) is 47.9 Å². The summed E-state index contributed by atoms with van der Waals surface area (Å²) in [4.78, 5) is 17.3. The van der Waals surface area contributed by atoms with Crippen molar-refractivity contribution in [2.45, 2.75) is 38.1 Å². The zero-order chi connectivity index (χ0) is 18.1. The Morgan fingerprint density at radius 3 is 2.64 bits per heavy atom. The van der Waals surface area contributed by atoms with Gasteiger partial charge in [-0.2, -0.15) is 0 Å². The van der Waals surface area contributed by atoms with Crippen LogP contribution in [0.5, 0.6) is 0 Å². The van der Waals surface area contributed by atoms with Crippen LogP contribution in [0.25, 0.3) is 16.6 Å². The summed E-state index contributed by atoms with van der Waals surface area (Å²) < 4.78 is 1.67. The van der Waals surface area contributed by atoms with E-state index >= 15 is 0 Å². The maximum absolute atomic E-state index is 12.8. The number of pyridine rings is 1. The van der Waals surface area contributed by atoms with Gasteiger partial charge in [-0.1, -0.05) is 36.3 Å². The van der Waals surface area contributed by atoms with E-state index in [-0.39, 0.29) is 36.3 Å². The van der Waals surface area contributed by atoms with E-state index in [1.54, 1.807) is 10.9 Å². The molecule has 3 aromatic rings. The Bertz CT molecular complexity index is 963. The minimum absolute atomic E-state index is 0. The Morgan fingerprint density at radius 1 is 1.21 bits per heavy atom. The highest BCUT2D eigenvalue weighted by atomic mass is 35.5. The summed E-state index contributed by atoms with van der Waals surface area (Å²) in [6.07, 6.45) is 5.75. The molecule has 1 aliphatic rings. The topological polar surface area (TPSA) is 98.7 Å². The van der Waals surface area contributed by atoms with E-state index in [2.05, 4.69) is 20.6 Å². The summed E-state index contributed by atoms with van der Waals surface area (Å²) >= 11 is 0. The second-order valence-corrected chi connectivity index (χ2v) is 6.93. The van der Waals surface area contributed by atoms with Crippen LogP contribution in [0.1, 0.15) is 41.9 Å². The number of carbonyl (C=O) groups is 1. The summed E-state index contributed by atoms with van der Waals surface area (Å²) in [5.74, 6) is -0.214. The van der Waals surface area contributed by atoms with Crippen LogP contribution < -0.4 is 11.1 Å². The molecule has 1 aliphatic carbocycles. The first-order valence-corrected chi connectivity index (χ1v) is 8.93. The third-order valence-electron chi connectivity index (χ3n) is 5.28. The molecule has 1 amide bonds. The maximum atomic E-state index is 12.8. The molecule has 0 unspecified atom stereocenters. The van der Waals surface area contributed by atoms with Crippen molar-refractivity contribution in [2.75, 3.05) is 6.54 Å². The van der Waals surface area contributed by atoms with Gasteiger partial charge in [0.1, 0.15) is 0 Å². The molecule has 2 heterocycles. The predicted molar refractivity (Wildman–Crippen MR) is 114 cm³/mol. The number of nitrogens with one attached hydrogen (secondary N) is 1. The Hall–Kier alpha value is -2.22. The van der Waals surface area contributed by atoms with Crippen LogP contribution in [0, 0.1) is 6.92 Å². The molecule has 0 spiro atoms.